The third kappa shape index (κ3) is 3.62. The predicted octanol–water partition coefficient (Wildman–Crippen LogP) is 3.60. The van der Waals surface area contributed by atoms with E-state index in [9.17, 15) is 0 Å². The summed E-state index contributed by atoms with van der Waals surface area (Å²) < 4.78 is 4.49. The van der Waals surface area contributed by atoms with Gasteiger partial charge in [0.05, 0.1) is 30.7 Å². The quantitative estimate of drug-likeness (QED) is 0.501. The summed E-state index contributed by atoms with van der Waals surface area (Å²) in [7, 11) is 1.88. The van der Waals surface area contributed by atoms with E-state index in [4.69, 9.17) is 22.6 Å². The Morgan fingerprint density at radius 2 is 2.04 bits per heavy atom. The Morgan fingerprint density at radius 1 is 1.25 bits per heavy atom. The molecule has 0 spiro atoms. The molecular formula is C17H17N5S2. The molecule has 0 aliphatic heterocycles. The lowest BCUT2D eigenvalue weighted by Crippen LogP contribution is -2.23. The van der Waals surface area contributed by atoms with Gasteiger partial charge in [0, 0.05) is 0 Å². The zero-order valence-electron chi connectivity index (χ0n) is 13.3. The van der Waals surface area contributed by atoms with Crippen LogP contribution in [-0.2, 0) is 13.2 Å². The summed E-state index contributed by atoms with van der Waals surface area (Å²) in [5.74, 6) is 0.865. The van der Waals surface area contributed by atoms with Crippen molar-refractivity contribution in [3.8, 4) is 16.8 Å². The molecule has 0 atom stereocenters. The van der Waals surface area contributed by atoms with E-state index in [1.165, 1.54) is 5.56 Å². The van der Waals surface area contributed by atoms with Gasteiger partial charge in [0.15, 0.2) is 10.6 Å². The summed E-state index contributed by atoms with van der Waals surface area (Å²) in [5.41, 5.74) is 1.18. The molecule has 0 N–H and O–H groups in total. The second-order valence-corrected chi connectivity index (χ2v) is 6.78. The number of aromatic nitrogens is 3. The van der Waals surface area contributed by atoms with Crippen LogP contribution in [0.5, 0.6) is 0 Å². The van der Waals surface area contributed by atoms with Crippen molar-refractivity contribution in [2.24, 2.45) is 0 Å². The van der Waals surface area contributed by atoms with Crippen molar-refractivity contribution in [2.75, 3.05) is 13.6 Å². The summed E-state index contributed by atoms with van der Waals surface area (Å²) in [5, 5.41) is 15.6. The Balaban J connectivity index is 2.00. The maximum atomic E-state index is 8.84. The molecule has 0 unspecified atom stereocenters. The molecule has 0 bridgehead atoms. The molecule has 0 amide bonds. The average Bonchev–Trinajstić information content (AvgIpc) is 3.20. The Hall–Kier alpha value is -2.27. The summed E-state index contributed by atoms with van der Waals surface area (Å²) in [6.07, 6.45) is 0. The lowest BCUT2D eigenvalue weighted by atomic mass is 10.2. The first kappa shape index (κ1) is 16.6. The normalized spacial score (nSPS) is 10.9. The van der Waals surface area contributed by atoms with Gasteiger partial charge in [0.2, 0.25) is 0 Å². The van der Waals surface area contributed by atoms with Crippen LogP contribution >= 0.6 is 23.6 Å². The number of nitriles is 1. The minimum Gasteiger partial charge on any atom is -0.295 e. The van der Waals surface area contributed by atoms with Gasteiger partial charge in [-0.1, -0.05) is 36.4 Å². The Morgan fingerprint density at radius 3 is 2.71 bits per heavy atom. The zero-order valence-corrected chi connectivity index (χ0v) is 14.9. The fraction of sp³-hybridized carbons (Fsp3) is 0.235. The first-order valence-electron chi connectivity index (χ1n) is 7.50. The Bertz CT molecular complexity index is 887. The Kier molecular flexibility index (Phi) is 5.20. The highest BCUT2D eigenvalue weighted by Crippen LogP contribution is 2.24. The minimum absolute atomic E-state index is 0.335. The van der Waals surface area contributed by atoms with Gasteiger partial charge in [-0.25, -0.2) is 4.68 Å². The molecular weight excluding hydrogens is 338 g/mol. The molecule has 7 heteroatoms. The summed E-state index contributed by atoms with van der Waals surface area (Å²) in [6, 6.07) is 16.4. The van der Waals surface area contributed by atoms with E-state index in [0.29, 0.717) is 24.5 Å². The van der Waals surface area contributed by atoms with Gasteiger partial charge in [-0.3, -0.25) is 9.47 Å². The zero-order chi connectivity index (χ0) is 16.9. The molecule has 0 fully saturated rings. The molecule has 1 aromatic carbocycles. The van der Waals surface area contributed by atoms with Crippen LogP contribution in [0.25, 0.3) is 10.7 Å². The molecule has 0 aliphatic carbocycles. The smallest absolute Gasteiger partial charge is 0.199 e. The lowest BCUT2D eigenvalue weighted by molar-refractivity contribution is 0.279. The molecule has 0 radical (unpaired) electrons. The van der Waals surface area contributed by atoms with Gasteiger partial charge in [0.1, 0.15) is 0 Å². The molecule has 0 saturated carbocycles. The summed E-state index contributed by atoms with van der Waals surface area (Å²) >= 11 is 7.29. The number of thiophene rings is 1. The fourth-order valence-electron chi connectivity index (χ4n) is 2.43. The standard InChI is InChI=1S/C17H17N5S2/c1-20(10-9-18)13-22-17(23)21(12-14-6-3-2-4-7-14)16(19-22)15-8-5-11-24-15/h2-8,11H,10,12-13H2,1H3. The number of hydrogen-bond acceptors (Lipinski definition) is 5. The van der Waals surface area contributed by atoms with Crippen LogP contribution < -0.4 is 0 Å². The monoisotopic (exact) mass is 355 g/mol. The molecule has 122 valence electrons. The van der Waals surface area contributed by atoms with Crippen LogP contribution in [0.3, 0.4) is 0 Å². The van der Waals surface area contributed by atoms with Gasteiger partial charge in [-0.15, -0.1) is 16.4 Å². The molecule has 5 nitrogen and oxygen atoms in total. The highest BCUT2D eigenvalue weighted by Gasteiger charge is 2.15. The van der Waals surface area contributed by atoms with Crippen LogP contribution in [0.1, 0.15) is 5.56 Å². The third-order valence-corrected chi connectivity index (χ3v) is 4.86. The van der Waals surface area contributed by atoms with Crippen molar-refractivity contribution >= 4 is 23.6 Å². The van der Waals surface area contributed by atoms with Crippen LogP contribution in [0.4, 0.5) is 0 Å². The number of hydrogen-bond donors (Lipinski definition) is 0. The van der Waals surface area contributed by atoms with E-state index >= 15 is 0 Å². The Labute approximate surface area is 150 Å². The number of nitrogens with zero attached hydrogens (tertiary/aromatic N) is 5. The van der Waals surface area contributed by atoms with Gasteiger partial charge in [-0.2, -0.15) is 5.26 Å². The van der Waals surface area contributed by atoms with E-state index in [0.717, 1.165) is 10.7 Å². The SMILES string of the molecule is CN(CC#N)Cn1nc(-c2cccs2)n(Cc2ccccc2)c1=S. The summed E-state index contributed by atoms with van der Waals surface area (Å²) in [4.78, 5) is 2.96. The van der Waals surface area contributed by atoms with Gasteiger partial charge in [0.25, 0.3) is 0 Å². The second kappa shape index (κ2) is 7.53. The molecule has 3 rings (SSSR count). The van der Waals surface area contributed by atoms with Gasteiger partial charge in [-0.05, 0) is 36.3 Å². The number of rotatable bonds is 6. The maximum absolute atomic E-state index is 8.84. The van der Waals surface area contributed by atoms with Crippen molar-refractivity contribution in [3.05, 3.63) is 58.2 Å². The van der Waals surface area contributed by atoms with Crippen LogP contribution in [0.15, 0.2) is 47.8 Å². The van der Waals surface area contributed by atoms with Crippen LogP contribution in [0, 0.1) is 16.1 Å². The molecule has 0 aliphatic rings. The van der Waals surface area contributed by atoms with Crippen molar-refractivity contribution in [2.45, 2.75) is 13.2 Å². The number of benzene rings is 1. The molecule has 24 heavy (non-hydrogen) atoms. The van der Waals surface area contributed by atoms with E-state index < -0.39 is 0 Å². The van der Waals surface area contributed by atoms with Gasteiger partial charge < -0.3 is 0 Å². The summed E-state index contributed by atoms with van der Waals surface area (Å²) in [6.45, 7) is 1.50. The van der Waals surface area contributed by atoms with Crippen molar-refractivity contribution in [3.63, 3.8) is 0 Å². The van der Waals surface area contributed by atoms with Crippen molar-refractivity contribution in [1.82, 2.24) is 19.2 Å². The van der Waals surface area contributed by atoms with E-state index in [2.05, 4.69) is 22.8 Å². The second-order valence-electron chi connectivity index (χ2n) is 5.47. The first-order valence-corrected chi connectivity index (χ1v) is 8.79. The van der Waals surface area contributed by atoms with Gasteiger partial charge >= 0.3 is 0 Å². The molecule has 2 heterocycles. The lowest BCUT2D eigenvalue weighted by Gasteiger charge is -2.11. The third-order valence-electron chi connectivity index (χ3n) is 3.56. The average molecular weight is 355 g/mol. The van der Waals surface area contributed by atoms with Crippen molar-refractivity contribution < 1.29 is 0 Å². The molecule has 0 saturated heterocycles. The maximum Gasteiger partial charge on any atom is 0.199 e. The highest BCUT2D eigenvalue weighted by atomic mass is 32.1. The van der Waals surface area contributed by atoms with Crippen molar-refractivity contribution in [1.29, 1.82) is 5.26 Å². The van der Waals surface area contributed by atoms with Crippen LogP contribution in [0.2, 0.25) is 0 Å². The highest BCUT2D eigenvalue weighted by molar-refractivity contribution is 7.71. The van der Waals surface area contributed by atoms with E-state index in [1.54, 1.807) is 16.0 Å². The predicted molar refractivity (Wildman–Crippen MR) is 98.2 cm³/mol. The van der Waals surface area contributed by atoms with E-state index in [1.807, 2.05) is 47.7 Å². The first-order chi connectivity index (χ1) is 11.7. The fourth-order valence-corrected chi connectivity index (χ4v) is 3.40. The molecule has 2 aromatic heterocycles. The largest absolute Gasteiger partial charge is 0.295 e. The molecule has 3 aromatic rings. The van der Waals surface area contributed by atoms with E-state index in [-0.39, 0.29) is 0 Å². The van der Waals surface area contributed by atoms with Crippen LogP contribution in [-0.4, -0.2) is 32.8 Å². The topological polar surface area (TPSA) is 49.8 Å². The minimum atomic E-state index is 0.335.